The summed E-state index contributed by atoms with van der Waals surface area (Å²) >= 11 is 0. The summed E-state index contributed by atoms with van der Waals surface area (Å²) in [5.74, 6) is 2.25. The molecule has 0 unspecified atom stereocenters. The second-order valence-electron chi connectivity index (χ2n) is 3.89. The molecule has 1 N–H and O–H groups in total. The van der Waals surface area contributed by atoms with Crippen molar-refractivity contribution in [1.82, 2.24) is 24.1 Å². The Kier molecular flexibility index (Phi) is 2.07. The molecule has 6 heteroatoms. The van der Waals surface area contributed by atoms with Gasteiger partial charge in [-0.2, -0.15) is 5.10 Å². The molecular weight excluding hydrogens is 216 g/mol. The maximum Gasteiger partial charge on any atom is 0.159 e. The van der Waals surface area contributed by atoms with Crippen LogP contribution in [0.4, 0.5) is 11.6 Å². The number of hydrogen-bond donors (Lipinski definition) is 1. The van der Waals surface area contributed by atoms with Gasteiger partial charge in [-0.05, 0) is 19.1 Å². The Morgan fingerprint density at radius 2 is 2.24 bits per heavy atom. The van der Waals surface area contributed by atoms with E-state index < -0.39 is 0 Å². The Labute approximate surface area is 97.9 Å². The van der Waals surface area contributed by atoms with Crippen molar-refractivity contribution >= 4 is 17.2 Å². The number of hydrogen-bond acceptors (Lipinski definition) is 4. The van der Waals surface area contributed by atoms with Crippen LogP contribution in [0.5, 0.6) is 0 Å². The minimum absolute atomic E-state index is 0.715. The molecule has 3 rings (SSSR count). The van der Waals surface area contributed by atoms with Crippen molar-refractivity contribution < 1.29 is 0 Å². The van der Waals surface area contributed by atoms with E-state index in [1.165, 1.54) is 0 Å². The molecule has 3 aromatic heterocycles. The van der Waals surface area contributed by atoms with Gasteiger partial charge in [0.1, 0.15) is 17.2 Å². The Bertz CT molecular complexity index is 665. The lowest BCUT2D eigenvalue weighted by atomic mass is 10.4. The summed E-state index contributed by atoms with van der Waals surface area (Å²) < 4.78 is 3.68. The van der Waals surface area contributed by atoms with E-state index in [-0.39, 0.29) is 0 Å². The molecule has 0 aromatic carbocycles. The molecule has 0 aliphatic heterocycles. The first-order valence-corrected chi connectivity index (χ1v) is 5.29. The zero-order chi connectivity index (χ0) is 11.8. The van der Waals surface area contributed by atoms with Crippen molar-refractivity contribution in [3.8, 4) is 0 Å². The first-order chi connectivity index (χ1) is 8.22. The van der Waals surface area contributed by atoms with Gasteiger partial charge in [-0.25, -0.2) is 14.5 Å². The number of aromatic nitrogens is 5. The molecule has 6 nitrogen and oxygen atoms in total. The van der Waals surface area contributed by atoms with Gasteiger partial charge >= 0.3 is 0 Å². The number of nitrogens with one attached hydrogen (secondary N) is 1. The van der Waals surface area contributed by atoms with Crippen LogP contribution in [-0.2, 0) is 7.05 Å². The predicted molar refractivity (Wildman–Crippen MR) is 64.2 cm³/mol. The highest BCUT2D eigenvalue weighted by atomic mass is 15.3. The zero-order valence-corrected chi connectivity index (χ0v) is 9.62. The first-order valence-electron chi connectivity index (χ1n) is 5.29. The van der Waals surface area contributed by atoms with Gasteiger partial charge in [-0.15, -0.1) is 0 Å². The topological polar surface area (TPSA) is 60.0 Å². The lowest BCUT2D eigenvalue weighted by Gasteiger charge is -2.05. The predicted octanol–water partition coefficient (Wildman–Crippen LogP) is 1.51. The molecular formula is C11H12N6. The third-order valence-electron chi connectivity index (χ3n) is 2.45. The maximum atomic E-state index is 4.39. The highest BCUT2D eigenvalue weighted by molar-refractivity contribution is 5.71. The lowest BCUT2D eigenvalue weighted by molar-refractivity contribution is 0.860. The van der Waals surface area contributed by atoms with E-state index in [0.29, 0.717) is 5.82 Å². The lowest BCUT2D eigenvalue weighted by Crippen LogP contribution is -2.02. The minimum Gasteiger partial charge on any atom is -0.338 e. The Balaban J connectivity index is 2.07. The van der Waals surface area contributed by atoms with Crippen LogP contribution in [0.2, 0.25) is 0 Å². The van der Waals surface area contributed by atoms with Crippen LogP contribution >= 0.6 is 0 Å². The molecule has 0 amide bonds. The number of nitrogens with zero attached hydrogens (tertiary/aromatic N) is 5. The summed E-state index contributed by atoms with van der Waals surface area (Å²) in [6, 6.07) is 3.90. The number of anilines is 2. The van der Waals surface area contributed by atoms with E-state index in [1.54, 1.807) is 10.8 Å². The van der Waals surface area contributed by atoms with E-state index in [0.717, 1.165) is 17.2 Å². The van der Waals surface area contributed by atoms with Gasteiger partial charge in [0.05, 0.1) is 6.33 Å². The number of fused-ring (bicyclic) bond motifs is 1. The van der Waals surface area contributed by atoms with Crippen LogP contribution in [0.1, 0.15) is 5.82 Å². The molecule has 0 spiro atoms. The maximum absolute atomic E-state index is 4.39. The van der Waals surface area contributed by atoms with Crippen molar-refractivity contribution in [1.29, 1.82) is 0 Å². The average molecular weight is 228 g/mol. The van der Waals surface area contributed by atoms with Gasteiger partial charge in [-0.3, -0.25) is 0 Å². The third-order valence-corrected chi connectivity index (χ3v) is 2.45. The van der Waals surface area contributed by atoms with Gasteiger partial charge < -0.3 is 9.88 Å². The van der Waals surface area contributed by atoms with Crippen LogP contribution in [0.25, 0.3) is 5.52 Å². The minimum atomic E-state index is 0.715. The van der Waals surface area contributed by atoms with E-state index in [4.69, 9.17) is 0 Å². The van der Waals surface area contributed by atoms with Crippen LogP contribution < -0.4 is 5.32 Å². The second-order valence-corrected chi connectivity index (χ2v) is 3.89. The fourth-order valence-electron chi connectivity index (χ4n) is 1.74. The van der Waals surface area contributed by atoms with Gasteiger partial charge in [0.2, 0.25) is 0 Å². The van der Waals surface area contributed by atoms with Gasteiger partial charge in [0.25, 0.3) is 0 Å². The van der Waals surface area contributed by atoms with Crippen molar-refractivity contribution in [3.05, 3.63) is 36.7 Å². The molecule has 0 aliphatic carbocycles. The smallest absolute Gasteiger partial charge is 0.159 e. The molecule has 3 aromatic rings. The molecule has 17 heavy (non-hydrogen) atoms. The molecule has 0 saturated heterocycles. The summed E-state index contributed by atoms with van der Waals surface area (Å²) in [4.78, 5) is 8.60. The molecule has 3 heterocycles. The summed E-state index contributed by atoms with van der Waals surface area (Å²) in [7, 11) is 1.93. The van der Waals surface area contributed by atoms with Crippen molar-refractivity contribution in [2.45, 2.75) is 6.92 Å². The van der Waals surface area contributed by atoms with E-state index >= 15 is 0 Å². The summed E-state index contributed by atoms with van der Waals surface area (Å²) in [6.45, 7) is 1.86. The second kappa shape index (κ2) is 3.58. The average Bonchev–Trinajstić information content (AvgIpc) is 2.87. The molecule has 0 atom stereocenters. The standard InChI is InChI=1S/C11H12N6/c1-8-13-11(9-4-3-5-17(9)15-8)14-10-6-16(2)7-12-10/h3-7H,1-2H3,(H,13,14,15). The van der Waals surface area contributed by atoms with Crippen molar-refractivity contribution in [2.24, 2.45) is 7.05 Å². The number of imidazole rings is 1. The fourth-order valence-corrected chi connectivity index (χ4v) is 1.74. The first kappa shape index (κ1) is 9.83. The van der Waals surface area contributed by atoms with Gasteiger partial charge in [0, 0.05) is 19.4 Å². The van der Waals surface area contributed by atoms with Crippen LogP contribution in [0.3, 0.4) is 0 Å². The summed E-state index contributed by atoms with van der Waals surface area (Å²) in [5, 5.41) is 7.47. The largest absolute Gasteiger partial charge is 0.338 e. The molecule has 0 aliphatic rings. The molecule has 86 valence electrons. The SMILES string of the molecule is Cc1nc(Nc2cn(C)cn2)c2cccn2n1. The Morgan fingerprint density at radius 3 is 3.00 bits per heavy atom. The van der Waals surface area contributed by atoms with E-state index in [2.05, 4.69) is 20.4 Å². The summed E-state index contributed by atoms with van der Waals surface area (Å²) in [6.07, 6.45) is 5.54. The van der Waals surface area contributed by atoms with E-state index in [1.807, 2.05) is 43.1 Å². The highest BCUT2D eigenvalue weighted by Crippen LogP contribution is 2.18. The molecule has 0 saturated carbocycles. The van der Waals surface area contributed by atoms with Crippen molar-refractivity contribution in [3.63, 3.8) is 0 Å². The molecule has 0 fully saturated rings. The van der Waals surface area contributed by atoms with Crippen LogP contribution in [0.15, 0.2) is 30.9 Å². The normalized spacial score (nSPS) is 10.9. The quantitative estimate of drug-likeness (QED) is 0.722. The van der Waals surface area contributed by atoms with E-state index in [9.17, 15) is 0 Å². The fraction of sp³-hybridized carbons (Fsp3) is 0.182. The van der Waals surface area contributed by atoms with Gasteiger partial charge in [0.15, 0.2) is 5.82 Å². The highest BCUT2D eigenvalue weighted by Gasteiger charge is 2.06. The Hall–Kier alpha value is -2.37. The molecule has 0 bridgehead atoms. The van der Waals surface area contributed by atoms with Crippen LogP contribution in [0, 0.1) is 6.92 Å². The third kappa shape index (κ3) is 1.73. The van der Waals surface area contributed by atoms with Crippen molar-refractivity contribution in [2.75, 3.05) is 5.32 Å². The summed E-state index contributed by atoms with van der Waals surface area (Å²) in [5.41, 5.74) is 0.932. The zero-order valence-electron chi connectivity index (χ0n) is 9.62. The van der Waals surface area contributed by atoms with Gasteiger partial charge in [-0.1, -0.05) is 0 Å². The van der Waals surface area contributed by atoms with Crippen LogP contribution in [-0.4, -0.2) is 24.1 Å². The molecule has 0 radical (unpaired) electrons. The Morgan fingerprint density at radius 1 is 1.35 bits per heavy atom. The number of aryl methyl sites for hydroxylation is 2. The monoisotopic (exact) mass is 228 g/mol. The number of rotatable bonds is 2.